The second-order valence-electron chi connectivity index (χ2n) is 7.73. The van der Waals surface area contributed by atoms with Gasteiger partial charge in [-0.3, -0.25) is 14.5 Å². The Labute approximate surface area is 184 Å². The summed E-state index contributed by atoms with van der Waals surface area (Å²) in [6, 6.07) is 21.2. The van der Waals surface area contributed by atoms with Gasteiger partial charge >= 0.3 is 0 Å². The number of fused-ring (bicyclic) bond motifs is 1. The van der Waals surface area contributed by atoms with Crippen LogP contribution in [-0.4, -0.2) is 52.7 Å². The first kappa shape index (κ1) is 19.7. The third-order valence-corrected chi connectivity index (χ3v) is 6.77. The lowest BCUT2D eigenvalue weighted by Crippen LogP contribution is -2.50. The van der Waals surface area contributed by atoms with Crippen LogP contribution in [0.25, 0.3) is 10.9 Å². The van der Waals surface area contributed by atoms with Gasteiger partial charge in [-0.25, -0.2) is 0 Å². The maximum atomic E-state index is 13.8. The maximum absolute atomic E-state index is 13.8. The number of amides is 1. The summed E-state index contributed by atoms with van der Waals surface area (Å²) in [7, 11) is 0. The molecule has 1 fully saturated rings. The van der Waals surface area contributed by atoms with Gasteiger partial charge < -0.3 is 9.88 Å². The van der Waals surface area contributed by atoms with Gasteiger partial charge in [-0.15, -0.1) is 11.3 Å². The normalized spacial score (nSPS) is 15.8. The monoisotopic (exact) mass is 429 g/mol. The summed E-state index contributed by atoms with van der Waals surface area (Å²) >= 11 is 1.47. The number of nitrogens with one attached hydrogen (secondary N) is 1. The van der Waals surface area contributed by atoms with Crippen molar-refractivity contribution in [1.29, 1.82) is 0 Å². The molecule has 1 N–H and O–H groups in total. The van der Waals surface area contributed by atoms with Crippen molar-refractivity contribution in [3.8, 4) is 0 Å². The Bertz CT molecular complexity index is 1190. The van der Waals surface area contributed by atoms with Gasteiger partial charge in [0.1, 0.15) is 0 Å². The first-order valence-corrected chi connectivity index (χ1v) is 11.3. The number of carbonyl (C=O) groups excluding carboxylic acids is 2. The maximum Gasteiger partial charge on any atom is 0.264 e. The number of para-hydroxylation sites is 1. The summed E-state index contributed by atoms with van der Waals surface area (Å²) in [6.07, 6.45) is 1.82. The minimum absolute atomic E-state index is 0.0777. The molecule has 3 heterocycles. The number of Topliss-reactive ketones (excluding diaryl/α,β-unsaturated/α-hetero) is 1. The van der Waals surface area contributed by atoms with Crippen LogP contribution in [0.2, 0.25) is 0 Å². The van der Waals surface area contributed by atoms with Gasteiger partial charge in [0.05, 0.1) is 10.9 Å². The highest BCUT2D eigenvalue weighted by molar-refractivity contribution is 7.12. The second-order valence-corrected chi connectivity index (χ2v) is 8.68. The number of hydrogen-bond acceptors (Lipinski definition) is 4. The first-order valence-electron chi connectivity index (χ1n) is 10.4. The summed E-state index contributed by atoms with van der Waals surface area (Å²) in [5.41, 5.74) is 2.65. The lowest BCUT2D eigenvalue weighted by molar-refractivity contribution is 0.0536. The quantitative estimate of drug-likeness (QED) is 0.471. The molecule has 1 saturated heterocycles. The molecule has 5 nitrogen and oxygen atoms in total. The Balaban J connectivity index is 1.41. The van der Waals surface area contributed by atoms with Crippen molar-refractivity contribution in [3.63, 3.8) is 0 Å². The van der Waals surface area contributed by atoms with Crippen molar-refractivity contribution in [3.05, 3.63) is 94.3 Å². The number of H-pyrrole nitrogens is 1. The molecule has 0 aliphatic carbocycles. The van der Waals surface area contributed by atoms with E-state index in [0.717, 1.165) is 21.3 Å². The summed E-state index contributed by atoms with van der Waals surface area (Å²) in [6.45, 7) is 2.54. The Morgan fingerprint density at radius 3 is 2.35 bits per heavy atom. The average molecular weight is 430 g/mol. The smallest absolute Gasteiger partial charge is 0.264 e. The molecule has 2 aromatic carbocycles. The highest BCUT2D eigenvalue weighted by atomic mass is 32.1. The Kier molecular flexibility index (Phi) is 5.40. The number of benzene rings is 2. The van der Waals surface area contributed by atoms with E-state index in [9.17, 15) is 9.59 Å². The zero-order valence-electron chi connectivity index (χ0n) is 17.0. The third-order valence-electron chi connectivity index (χ3n) is 5.92. The Hall–Kier alpha value is -3.22. The molecule has 0 bridgehead atoms. The van der Waals surface area contributed by atoms with Gasteiger partial charge in [0, 0.05) is 48.8 Å². The molecule has 0 spiro atoms. The van der Waals surface area contributed by atoms with E-state index < -0.39 is 0 Å². The highest BCUT2D eigenvalue weighted by Crippen LogP contribution is 2.30. The van der Waals surface area contributed by atoms with Crippen LogP contribution in [0.3, 0.4) is 0 Å². The SMILES string of the molecule is O=C(c1c[nH]c2ccccc12)C(c1ccccc1)N1CCN(C(=O)c2cccs2)CC1. The summed E-state index contributed by atoms with van der Waals surface area (Å²) in [5.74, 6) is 0.163. The van der Waals surface area contributed by atoms with Gasteiger partial charge in [0.15, 0.2) is 5.78 Å². The van der Waals surface area contributed by atoms with Crippen molar-refractivity contribution in [2.24, 2.45) is 0 Å². The number of aromatic amines is 1. The molecule has 1 atom stereocenters. The molecule has 1 amide bonds. The van der Waals surface area contributed by atoms with Crippen molar-refractivity contribution >= 4 is 33.9 Å². The predicted octanol–water partition coefficient (Wildman–Crippen LogP) is 4.61. The minimum atomic E-state index is -0.376. The molecule has 1 aliphatic heterocycles. The highest BCUT2D eigenvalue weighted by Gasteiger charge is 2.33. The number of ketones is 1. The van der Waals surface area contributed by atoms with Crippen LogP contribution in [0, 0.1) is 0 Å². The second kappa shape index (κ2) is 8.49. The van der Waals surface area contributed by atoms with Gasteiger partial charge in [0.25, 0.3) is 5.91 Å². The standard InChI is InChI=1S/C25H23N3O2S/c29-24(20-17-26-21-10-5-4-9-19(20)21)23(18-7-2-1-3-8-18)27-12-14-28(15-13-27)25(30)22-11-6-16-31-22/h1-11,16-17,23,26H,12-15H2. The van der Waals surface area contributed by atoms with Gasteiger partial charge in [-0.05, 0) is 23.1 Å². The van der Waals surface area contributed by atoms with Gasteiger partial charge in [-0.1, -0.05) is 54.6 Å². The molecule has 1 unspecified atom stereocenters. The fourth-order valence-corrected chi connectivity index (χ4v) is 5.02. The van der Waals surface area contributed by atoms with E-state index in [1.165, 1.54) is 11.3 Å². The molecular weight excluding hydrogens is 406 g/mol. The predicted molar refractivity (Wildman–Crippen MR) is 124 cm³/mol. The van der Waals surface area contributed by atoms with Gasteiger partial charge in [-0.2, -0.15) is 0 Å². The molecule has 6 heteroatoms. The lowest BCUT2D eigenvalue weighted by atomic mass is 9.95. The van der Waals surface area contributed by atoms with Crippen LogP contribution in [-0.2, 0) is 0 Å². The van der Waals surface area contributed by atoms with Crippen molar-refractivity contribution in [2.45, 2.75) is 6.04 Å². The first-order chi connectivity index (χ1) is 15.2. The molecule has 4 aromatic rings. The van der Waals surface area contributed by atoms with Gasteiger partial charge in [0.2, 0.25) is 0 Å². The molecule has 1 aliphatic rings. The minimum Gasteiger partial charge on any atom is -0.360 e. The van der Waals surface area contributed by atoms with Crippen molar-refractivity contribution in [2.75, 3.05) is 26.2 Å². The zero-order chi connectivity index (χ0) is 21.2. The van der Waals surface area contributed by atoms with Crippen LogP contribution >= 0.6 is 11.3 Å². The zero-order valence-corrected chi connectivity index (χ0v) is 17.8. The summed E-state index contributed by atoms with van der Waals surface area (Å²) < 4.78 is 0. The Morgan fingerprint density at radius 2 is 1.61 bits per heavy atom. The third kappa shape index (κ3) is 3.80. The molecule has 31 heavy (non-hydrogen) atoms. The number of nitrogens with zero attached hydrogens (tertiary/aromatic N) is 2. The van der Waals surface area contributed by atoms with E-state index in [2.05, 4.69) is 9.88 Å². The van der Waals surface area contributed by atoms with Crippen LogP contribution in [0.15, 0.2) is 78.3 Å². The number of rotatable bonds is 5. The van der Waals surface area contributed by atoms with E-state index >= 15 is 0 Å². The fraction of sp³-hybridized carbons (Fsp3) is 0.200. The van der Waals surface area contributed by atoms with Crippen LogP contribution in [0.1, 0.15) is 31.6 Å². The van der Waals surface area contributed by atoms with Crippen LogP contribution in [0.4, 0.5) is 0 Å². The van der Waals surface area contributed by atoms with E-state index in [1.54, 1.807) is 0 Å². The van der Waals surface area contributed by atoms with E-state index in [-0.39, 0.29) is 17.7 Å². The summed E-state index contributed by atoms with van der Waals surface area (Å²) in [5, 5.41) is 2.87. The van der Waals surface area contributed by atoms with Crippen molar-refractivity contribution in [1.82, 2.24) is 14.8 Å². The number of piperazine rings is 1. The molecule has 5 rings (SSSR count). The van der Waals surface area contributed by atoms with Crippen molar-refractivity contribution < 1.29 is 9.59 Å². The van der Waals surface area contributed by atoms with E-state index in [1.807, 2.05) is 83.2 Å². The molecule has 156 valence electrons. The topological polar surface area (TPSA) is 56.4 Å². The number of carbonyl (C=O) groups is 2. The molecule has 2 aromatic heterocycles. The average Bonchev–Trinajstić information content (AvgIpc) is 3.50. The van der Waals surface area contributed by atoms with E-state index in [0.29, 0.717) is 31.7 Å². The molecule has 0 radical (unpaired) electrons. The number of aromatic nitrogens is 1. The molecular formula is C25H23N3O2S. The van der Waals surface area contributed by atoms with Crippen LogP contribution in [0.5, 0.6) is 0 Å². The Morgan fingerprint density at radius 1 is 0.871 bits per heavy atom. The summed E-state index contributed by atoms with van der Waals surface area (Å²) in [4.78, 5) is 34.6. The number of thiophene rings is 1. The number of hydrogen-bond donors (Lipinski definition) is 1. The molecule has 0 saturated carbocycles. The lowest BCUT2D eigenvalue weighted by Gasteiger charge is -2.38. The largest absolute Gasteiger partial charge is 0.360 e. The van der Waals surface area contributed by atoms with E-state index in [4.69, 9.17) is 0 Å². The van der Waals surface area contributed by atoms with Crippen LogP contribution < -0.4 is 0 Å². The fourth-order valence-electron chi connectivity index (χ4n) is 4.33.